The molecule has 0 atom stereocenters. The van der Waals surface area contributed by atoms with Gasteiger partial charge in [-0.25, -0.2) is 0 Å². The number of nitrogens with zero attached hydrogens (tertiary/aromatic N) is 2. The highest BCUT2D eigenvalue weighted by Gasteiger charge is 2.30. The molecule has 4 nitrogen and oxygen atoms in total. The van der Waals surface area contributed by atoms with E-state index in [-0.39, 0.29) is 30.7 Å². The van der Waals surface area contributed by atoms with Crippen LogP contribution in [0.4, 0.5) is 13.2 Å². The van der Waals surface area contributed by atoms with Crippen LogP contribution in [0.15, 0.2) is 24.3 Å². The number of alkyl halides is 3. The first-order valence-corrected chi connectivity index (χ1v) is 8.21. The summed E-state index contributed by atoms with van der Waals surface area (Å²) in [5, 5.41) is 2.97. The largest absolute Gasteiger partial charge is 0.416 e. The number of nitrogens with one attached hydrogen (secondary N) is 1. The van der Waals surface area contributed by atoms with Gasteiger partial charge in [-0.3, -0.25) is 9.69 Å². The average molecular weight is 416 g/mol. The molecule has 0 bridgehead atoms. The first-order valence-electron chi connectivity index (χ1n) is 8.21. The van der Waals surface area contributed by atoms with Crippen LogP contribution in [-0.2, 0) is 17.5 Å². The Morgan fingerprint density at radius 2 is 1.73 bits per heavy atom. The number of hydrogen-bond acceptors (Lipinski definition) is 3. The molecule has 0 saturated carbocycles. The predicted octanol–water partition coefficient (Wildman–Crippen LogP) is 3.19. The first-order chi connectivity index (χ1) is 11.4. The summed E-state index contributed by atoms with van der Waals surface area (Å²) < 4.78 is 37.8. The van der Waals surface area contributed by atoms with E-state index in [0.717, 1.165) is 43.8 Å². The van der Waals surface area contributed by atoms with Crippen molar-refractivity contribution in [3.63, 3.8) is 0 Å². The van der Waals surface area contributed by atoms with Crippen LogP contribution in [0.1, 0.15) is 24.0 Å². The lowest BCUT2D eigenvalue weighted by molar-refractivity contribution is -0.137. The number of halogens is 5. The molecule has 1 aliphatic heterocycles. The molecule has 150 valence electrons. The summed E-state index contributed by atoms with van der Waals surface area (Å²) in [5.41, 5.74) is 0.237. The van der Waals surface area contributed by atoms with Gasteiger partial charge in [0.1, 0.15) is 0 Å². The fourth-order valence-electron chi connectivity index (χ4n) is 2.83. The van der Waals surface area contributed by atoms with E-state index < -0.39 is 11.7 Å². The van der Waals surface area contributed by atoms with Gasteiger partial charge in [0.15, 0.2) is 0 Å². The number of amides is 1. The number of carbonyl (C=O) groups excluding carboxylic acids is 1. The van der Waals surface area contributed by atoms with Crippen molar-refractivity contribution in [1.29, 1.82) is 0 Å². The molecule has 1 heterocycles. The molecule has 1 aromatic carbocycles. The maximum absolute atomic E-state index is 12.6. The summed E-state index contributed by atoms with van der Waals surface area (Å²) in [6.45, 7) is 4.28. The molecule has 0 spiro atoms. The van der Waals surface area contributed by atoms with Gasteiger partial charge in [-0.2, -0.15) is 13.2 Å². The van der Waals surface area contributed by atoms with E-state index in [9.17, 15) is 18.0 Å². The fourth-order valence-corrected chi connectivity index (χ4v) is 2.83. The van der Waals surface area contributed by atoms with Crippen LogP contribution in [0, 0.1) is 0 Å². The standard InChI is InChI=1S/C17H24F3N3O.2ClH/c1-21-8-7-16(24)23-10-2-9-22(11-12-23)13-14-3-5-15(6-4-14)17(18,19)20;;/h3-6,21H,2,7-13H2,1H3;2*1H. The average Bonchev–Trinajstić information content (AvgIpc) is 2.78. The quantitative estimate of drug-likeness (QED) is 0.801. The minimum absolute atomic E-state index is 0. The van der Waals surface area contributed by atoms with Gasteiger partial charge in [-0.05, 0) is 31.2 Å². The van der Waals surface area contributed by atoms with Crippen LogP contribution in [-0.4, -0.2) is 55.5 Å². The van der Waals surface area contributed by atoms with Gasteiger partial charge in [-0.15, -0.1) is 24.8 Å². The van der Waals surface area contributed by atoms with Gasteiger partial charge >= 0.3 is 6.18 Å². The van der Waals surface area contributed by atoms with Crippen molar-refractivity contribution in [2.45, 2.75) is 25.6 Å². The van der Waals surface area contributed by atoms with Gasteiger partial charge in [0.05, 0.1) is 5.56 Å². The molecular formula is C17H26Cl2F3N3O. The second kappa shape index (κ2) is 11.6. The Kier molecular flexibility index (Phi) is 11.2. The summed E-state index contributed by atoms with van der Waals surface area (Å²) in [5.74, 6) is 0.153. The Morgan fingerprint density at radius 3 is 2.31 bits per heavy atom. The van der Waals surface area contributed by atoms with E-state index in [1.54, 1.807) is 0 Å². The molecule has 26 heavy (non-hydrogen) atoms. The normalized spacial score (nSPS) is 15.6. The topological polar surface area (TPSA) is 35.6 Å². The smallest absolute Gasteiger partial charge is 0.341 e. The van der Waals surface area contributed by atoms with Gasteiger partial charge in [0.25, 0.3) is 0 Å². The minimum Gasteiger partial charge on any atom is -0.341 e. The van der Waals surface area contributed by atoms with E-state index in [0.29, 0.717) is 26.1 Å². The van der Waals surface area contributed by atoms with Crippen molar-refractivity contribution in [2.24, 2.45) is 0 Å². The van der Waals surface area contributed by atoms with Crippen LogP contribution in [0.5, 0.6) is 0 Å². The number of hydrogen-bond donors (Lipinski definition) is 1. The Morgan fingerprint density at radius 1 is 1.08 bits per heavy atom. The first kappa shape index (κ1) is 25.0. The monoisotopic (exact) mass is 415 g/mol. The van der Waals surface area contributed by atoms with E-state index in [4.69, 9.17) is 0 Å². The summed E-state index contributed by atoms with van der Waals surface area (Å²) in [6.07, 6.45) is -2.92. The zero-order valence-corrected chi connectivity index (χ0v) is 16.4. The molecule has 1 aromatic rings. The second-order valence-corrected chi connectivity index (χ2v) is 6.06. The zero-order valence-electron chi connectivity index (χ0n) is 14.7. The molecule has 0 aromatic heterocycles. The Bertz CT molecular complexity index is 541. The molecule has 1 N–H and O–H groups in total. The maximum atomic E-state index is 12.6. The number of carbonyl (C=O) groups is 1. The van der Waals surface area contributed by atoms with Crippen molar-refractivity contribution in [3.8, 4) is 0 Å². The van der Waals surface area contributed by atoms with E-state index >= 15 is 0 Å². The third kappa shape index (κ3) is 7.70. The molecular weight excluding hydrogens is 390 g/mol. The summed E-state index contributed by atoms with van der Waals surface area (Å²) in [7, 11) is 1.82. The molecule has 0 unspecified atom stereocenters. The SMILES string of the molecule is CNCCC(=O)N1CCCN(Cc2ccc(C(F)(F)F)cc2)CC1.Cl.Cl. The molecule has 1 fully saturated rings. The minimum atomic E-state index is -4.30. The molecule has 1 amide bonds. The lowest BCUT2D eigenvalue weighted by Crippen LogP contribution is -2.36. The van der Waals surface area contributed by atoms with Gasteiger partial charge in [0, 0.05) is 45.7 Å². The Balaban J connectivity index is 0.00000312. The summed E-state index contributed by atoms with van der Waals surface area (Å²) >= 11 is 0. The molecule has 0 radical (unpaired) electrons. The van der Waals surface area contributed by atoms with E-state index in [2.05, 4.69) is 10.2 Å². The van der Waals surface area contributed by atoms with Crippen LogP contribution in [0.2, 0.25) is 0 Å². The number of rotatable bonds is 5. The zero-order chi connectivity index (χ0) is 17.6. The third-order valence-corrected chi connectivity index (χ3v) is 4.22. The highest BCUT2D eigenvalue weighted by Crippen LogP contribution is 2.29. The van der Waals surface area contributed by atoms with Gasteiger partial charge in [-0.1, -0.05) is 12.1 Å². The summed E-state index contributed by atoms with van der Waals surface area (Å²) in [4.78, 5) is 16.1. The molecule has 2 rings (SSSR count). The van der Waals surface area contributed by atoms with E-state index in [1.807, 2.05) is 11.9 Å². The number of benzene rings is 1. The third-order valence-electron chi connectivity index (χ3n) is 4.22. The van der Waals surface area contributed by atoms with Crippen LogP contribution in [0.3, 0.4) is 0 Å². The molecule has 0 aliphatic carbocycles. The highest BCUT2D eigenvalue weighted by molar-refractivity contribution is 5.85. The molecule has 1 aliphatic rings. The predicted molar refractivity (Wildman–Crippen MR) is 101 cm³/mol. The molecule has 9 heteroatoms. The lowest BCUT2D eigenvalue weighted by atomic mass is 10.1. The summed E-state index contributed by atoms with van der Waals surface area (Å²) in [6, 6.07) is 5.31. The van der Waals surface area contributed by atoms with Crippen molar-refractivity contribution in [1.82, 2.24) is 15.1 Å². The van der Waals surface area contributed by atoms with Gasteiger partial charge < -0.3 is 10.2 Å². The van der Waals surface area contributed by atoms with Crippen LogP contribution >= 0.6 is 24.8 Å². The van der Waals surface area contributed by atoms with E-state index in [1.165, 1.54) is 12.1 Å². The Labute approximate surface area is 164 Å². The van der Waals surface area contributed by atoms with Crippen molar-refractivity contribution in [3.05, 3.63) is 35.4 Å². The fraction of sp³-hybridized carbons (Fsp3) is 0.588. The highest BCUT2D eigenvalue weighted by atomic mass is 35.5. The van der Waals surface area contributed by atoms with Gasteiger partial charge in [0.2, 0.25) is 5.91 Å². The van der Waals surface area contributed by atoms with Crippen molar-refractivity contribution < 1.29 is 18.0 Å². The Hall–Kier alpha value is -1.02. The molecule has 1 saturated heterocycles. The van der Waals surface area contributed by atoms with Crippen LogP contribution in [0.25, 0.3) is 0 Å². The van der Waals surface area contributed by atoms with Crippen molar-refractivity contribution >= 4 is 30.7 Å². The van der Waals surface area contributed by atoms with Crippen LogP contribution < -0.4 is 5.32 Å². The van der Waals surface area contributed by atoms with Crippen molar-refractivity contribution in [2.75, 3.05) is 39.8 Å². The lowest BCUT2D eigenvalue weighted by Gasteiger charge is -2.22. The maximum Gasteiger partial charge on any atom is 0.416 e. The second-order valence-electron chi connectivity index (χ2n) is 6.06.